The SMILES string of the molecule is COc1ccc(C(=O)O)nc1C(F)F. The van der Waals surface area contributed by atoms with Gasteiger partial charge in [-0.2, -0.15) is 0 Å². The summed E-state index contributed by atoms with van der Waals surface area (Å²) in [6, 6.07) is 2.25. The first-order valence-corrected chi connectivity index (χ1v) is 3.62. The maximum atomic E-state index is 12.3. The fraction of sp³-hybridized carbons (Fsp3) is 0.250. The van der Waals surface area contributed by atoms with Crippen LogP contribution in [0.5, 0.6) is 5.75 Å². The predicted molar refractivity (Wildman–Crippen MR) is 42.7 cm³/mol. The maximum absolute atomic E-state index is 12.3. The summed E-state index contributed by atoms with van der Waals surface area (Å²) in [6.07, 6.45) is -2.86. The van der Waals surface area contributed by atoms with Gasteiger partial charge in [0.2, 0.25) is 0 Å². The zero-order valence-electron chi connectivity index (χ0n) is 7.20. The lowest BCUT2D eigenvalue weighted by Gasteiger charge is -2.06. The number of aromatic nitrogens is 1. The molecule has 0 aliphatic heterocycles. The molecule has 0 saturated heterocycles. The molecule has 0 bridgehead atoms. The van der Waals surface area contributed by atoms with E-state index in [2.05, 4.69) is 9.72 Å². The van der Waals surface area contributed by atoms with Gasteiger partial charge in [0.15, 0.2) is 0 Å². The van der Waals surface area contributed by atoms with Gasteiger partial charge in [0, 0.05) is 0 Å². The third-order valence-electron chi connectivity index (χ3n) is 1.53. The second-order valence-electron chi connectivity index (χ2n) is 2.39. The van der Waals surface area contributed by atoms with Gasteiger partial charge in [0.25, 0.3) is 6.43 Å². The van der Waals surface area contributed by atoms with Crippen LogP contribution in [0.2, 0.25) is 0 Å². The number of hydrogen-bond acceptors (Lipinski definition) is 3. The van der Waals surface area contributed by atoms with Gasteiger partial charge in [-0.05, 0) is 12.1 Å². The second-order valence-corrected chi connectivity index (χ2v) is 2.39. The number of alkyl halides is 2. The molecule has 0 aliphatic carbocycles. The standard InChI is InChI=1S/C8H7F2NO3/c1-14-5-3-2-4(8(12)13)11-6(5)7(9)10/h2-3,7H,1H3,(H,12,13). The minimum atomic E-state index is -2.86. The van der Waals surface area contributed by atoms with Crippen molar-refractivity contribution in [2.45, 2.75) is 6.43 Å². The quantitative estimate of drug-likeness (QED) is 0.812. The summed E-state index contributed by atoms with van der Waals surface area (Å²) in [5.74, 6) is -1.47. The van der Waals surface area contributed by atoms with Crippen LogP contribution in [-0.2, 0) is 0 Å². The zero-order chi connectivity index (χ0) is 10.7. The Kier molecular flexibility index (Phi) is 2.95. The molecule has 0 atom stereocenters. The number of ether oxygens (including phenoxy) is 1. The van der Waals surface area contributed by atoms with Crippen molar-refractivity contribution in [3.05, 3.63) is 23.5 Å². The summed E-state index contributed by atoms with van der Waals surface area (Å²) in [4.78, 5) is 13.7. The van der Waals surface area contributed by atoms with Crippen molar-refractivity contribution >= 4 is 5.97 Å². The van der Waals surface area contributed by atoms with Crippen LogP contribution in [0.3, 0.4) is 0 Å². The van der Waals surface area contributed by atoms with Gasteiger partial charge >= 0.3 is 5.97 Å². The highest BCUT2D eigenvalue weighted by atomic mass is 19.3. The van der Waals surface area contributed by atoms with Gasteiger partial charge in [0.1, 0.15) is 17.1 Å². The molecule has 0 aliphatic rings. The third kappa shape index (κ3) is 1.95. The molecule has 0 radical (unpaired) electrons. The van der Waals surface area contributed by atoms with Crippen molar-refractivity contribution in [1.29, 1.82) is 0 Å². The molecule has 76 valence electrons. The van der Waals surface area contributed by atoms with E-state index in [4.69, 9.17) is 5.11 Å². The highest BCUT2D eigenvalue weighted by molar-refractivity contribution is 5.85. The van der Waals surface area contributed by atoms with Crippen LogP contribution in [0.1, 0.15) is 22.6 Å². The van der Waals surface area contributed by atoms with Crippen molar-refractivity contribution in [2.24, 2.45) is 0 Å². The largest absolute Gasteiger partial charge is 0.495 e. The number of carbonyl (C=O) groups is 1. The van der Waals surface area contributed by atoms with E-state index >= 15 is 0 Å². The molecule has 1 aromatic heterocycles. The van der Waals surface area contributed by atoms with E-state index in [1.54, 1.807) is 0 Å². The van der Waals surface area contributed by atoms with Gasteiger partial charge in [-0.25, -0.2) is 18.6 Å². The molecule has 0 aromatic carbocycles. The Bertz CT molecular complexity index is 354. The normalized spacial score (nSPS) is 10.3. The van der Waals surface area contributed by atoms with E-state index in [9.17, 15) is 13.6 Å². The molecule has 4 nitrogen and oxygen atoms in total. The first-order chi connectivity index (χ1) is 6.56. The van der Waals surface area contributed by atoms with E-state index in [0.717, 1.165) is 12.1 Å². The molecule has 0 unspecified atom stereocenters. The molecule has 14 heavy (non-hydrogen) atoms. The molecule has 0 fully saturated rings. The van der Waals surface area contributed by atoms with Gasteiger partial charge in [-0.3, -0.25) is 0 Å². The van der Waals surface area contributed by atoms with Gasteiger partial charge in [-0.1, -0.05) is 0 Å². The number of methoxy groups -OCH3 is 1. The Hall–Kier alpha value is -1.72. The molecular weight excluding hydrogens is 196 g/mol. The number of pyridine rings is 1. The van der Waals surface area contributed by atoms with Gasteiger partial charge in [-0.15, -0.1) is 0 Å². The summed E-state index contributed by atoms with van der Waals surface area (Å²) in [7, 11) is 1.21. The van der Waals surface area contributed by atoms with Crippen molar-refractivity contribution in [1.82, 2.24) is 4.98 Å². The summed E-state index contributed by atoms with van der Waals surface area (Å²) in [5, 5.41) is 8.51. The summed E-state index contributed by atoms with van der Waals surface area (Å²) in [5.41, 5.74) is -1.09. The van der Waals surface area contributed by atoms with Crippen LogP contribution in [0.25, 0.3) is 0 Å². The first kappa shape index (κ1) is 10.4. The molecule has 1 rings (SSSR count). The number of carboxylic acids is 1. The Morgan fingerprint density at radius 2 is 2.21 bits per heavy atom. The summed E-state index contributed by atoms with van der Waals surface area (Å²) < 4.78 is 29.3. The average Bonchev–Trinajstić information content (AvgIpc) is 2.16. The number of carboxylic acid groups (broad SMARTS) is 1. The fourth-order valence-electron chi connectivity index (χ4n) is 0.910. The highest BCUT2D eigenvalue weighted by Gasteiger charge is 2.18. The van der Waals surface area contributed by atoms with E-state index in [-0.39, 0.29) is 5.75 Å². The minimum Gasteiger partial charge on any atom is -0.495 e. The van der Waals surface area contributed by atoms with Crippen LogP contribution < -0.4 is 4.74 Å². The van der Waals surface area contributed by atoms with E-state index in [1.807, 2.05) is 0 Å². The van der Waals surface area contributed by atoms with Crippen LogP contribution in [0.4, 0.5) is 8.78 Å². The number of rotatable bonds is 3. The molecular formula is C8H7F2NO3. The highest BCUT2D eigenvalue weighted by Crippen LogP contribution is 2.26. The average molecular weight is 203 g/mol. The van der Waals surface area contributed by atoms with Crippen molar-refractivity contribution in [3.8, 4) is 5.75 Å². The maximum Gasteiger partial charge on any atom is 0.354 e. The van der Waals surface area contributed by atoms with Gasteiger partial charge in [0.05, 0.1) is 7.11 Å². The molecule has 1 N–H and O–H groups in total. The molecule has 1 heterocycles. The van der Waals surface area contributed by atoms with Crippen molar-refractivity contribution in [2.75, 3.05) is 7.11 Å². The summed E-state index contributed by atoms with van der Waals surface area (Å²) >= 11 is 0. The Balaban J connectivity index is 3.20. The van der Waals surface area contributed by atoms with E-state index in [1.165, 1.54) is 7.11 Å². The Morgan fingerprint density at radius 3 is 2.64 bits per heavy atom. The lowest BCUT2D eigenvalue weighted by molar-refractivity contribution is 0.0688. The number of hydrogen-bond donors (Lipinski definition) is 1. The van der Waals surface area contributed by atoms with Crippen LogP contribution >= 0.6 is 0 Å². The third-order valence-corrected chi connectivity index (χ3v) is 1.53. The van der Waals surface area contributed by atoms with E-state index < -0.39 is 23.8 Å². The predicted octanol–water partition coefficient (Wildman–Crippen LogP) is 1.73. The molecule has 0 amide bonds. The topological polar surface area (TPSA) is 59.4 Å². The molecule has 0 spiro atoms. The first-order valence-electron chi connectivity index (χ1n) is 3.62. The molecule has 6 heteroatoms. The minimum absolute atomic E-state index is 0.120. The number of aromatic carboxylic acids is 1. The number of nitrogens with zero attached hydrogens (tertiary/aromatic N) is 1. The smallest absolute Gasteiger partial charge is 0.354 e. The van der Waals surface area contributed by atoms with Crippen LogP contribution in [0.15, 0.2) is 12.1 Å². The Morgan fingerprint density at radius 1 is 1.57 bits per heavy atom. The lowest BCUT2D eigenvalue weighted by Crippen LogP contribution is -2.04. The van der Waals surface area contributed by atoms with Gasteiger partial charge < -0.3 is 9.84 Å². The number of halogens is 2. The van der Waals surface area contributed by atoms with E-state index in [0.29, 0.717) is 0 Å². The lowest BCUT2D eigenvalue weighted by atomic mass is 10.3. The van der Waals surface area contributed by atoms with Crippen LogP contribution in [-0.4, -0.2) is 23.2 Å². The Labute approximate surface area is 78.1 Å². The zero-order valence-corrected chi connectivity index (χ0v) is 7.20. The van der Waals surface area contributed by atoms with Crippen molar-refractivity contribution in [3.63, 3.8) is 0 Å². The summed E-state index contributed by atoms with van der Waals surface area (Å²) in [6.45, 7) is 0. The van der Waals surface area contributed by atoms with Crippen molar-refractivity contribution < 1.29 is 23.4 Å². The fourth-order valence-corrected chi connectivity index (χ4v) is 0.910. The second kappa shape index (κ2) is 3.99. The van der Waals surface area contributed by atoms with Crippen LogP contribution in [0, 0.1) is 0 Å². The molecule has 0 saturated carbocycles. The monoisotopic (exact) mass is 203 g/mol. The molecule has 1 aromatic rings.